The van der Waals surface area contributed by atoms with E-state index in [1.807, 2.05) is 0 Å². The number of aromatic nitrogens is 2. The van der Waals surface area contributed by atoms with E-state index < -0.39 is 0 Å². The number of piperazine rings is 1. The Bertz CT molecular complexity index is 373. The van der Waals surface area contributed by atoms with Gasteiger partial charge >= 0.3 is 6.03 Å². The van der Waals surface area contributed by atoms with Gasteiger partial charge in [0, 0.05) is 32.5 Å². The van der Waals surface area contributed by atoms with Crippen molar-refractivity contribution >= 4 is 11.9 Å². The van der Waals surface area contributed by atoms with Crippen LogP contribution in [0.15, 0.2) is 18.7 Å². The minimum absolute atomic E-state index is 0.0327. The molecule has 0 unspecified atom stereocenters. The zero-order chi connectivity index (χ0) is 10.8. The molecule has 1 fully saturated rings. The standard InChI is InChI=1S/C9H12N4O2/c1-11-4-5-12(6-8(11)14)9(15)13-3-2-10-7-13/h2-3,7H,4-6H2,1H3. The summed E-state index contributed by atoms with van der Waals surface area (Å²) in [4.78, 5) is 30.1. The van der Waals surface area contributed by atoms with Crippen molar-refractivity contribution in [1.29, 1.82) is 0 Å². The third-order valence-electron chi connectivity index (χ3n) is 2.45. The number of likely N-dealkylation sites (N-methyl/N-ethyl adjacent to an activating group) is 1. The molecule has 0 aromatic carbocycles. The van der Waals surface area contributed by atoms with Gasteiger partial charge in [0.15, 0.2) is 0 Å². The lowest BCUT2D eigenvalue weighted by Crippen LogP contribution is -2.51. The molecule has 2 heterocycles. The molecule has 2 amide bonds. The van der Waals surface area contributed by atoms with Crippen LogP contribution in [0.25, 0.3) is 0 Å². The number of hydrogen-bond donors (Lipinski definition) is 0. The Labute approximate surface area is 87.1 Å². The Balaban J connectivity index is 2.07. The molecule has 0 spiro atoms. The average Bonchev–Trinajstić information content (AvgIpc) is 2.74. The number of hydrogen-bond acceptors (Lipinski definition) is 3. The molecule has 6 heteroatoms. The Morgan fingerprint density at radius 2 is 2.27 bits per heavy atom. The molecule has 1 aliphatic heterocycles. The topological polar surface area (TPSA) is 58.4 Å². The lowest BCUT2D eigenvalue weighted by molar-refractivity contribution is -0.133. The number of rotatable bonds is 0. The lowest BCUT2D eigenvalue weighted by atomic mass is 10.3. The summed E-state index contributed by atoms with van der Waals surface area (Å²) in [6.45, 7) is 1.30. The zero-order valence-electron chi connectivity index (χ0n) is 8.46. The number of carbonyl (C=O) groups is 2. The van der Waals surface area contributed by atoms with E-state index in [0.717, 1.165) is 0 Å². The molecule has 0 saturated carbocycles. The summed E-state index contributed by atoms with van der Waals surface area (Å²) >= 11 is 0. The summed E-state index contributed by atoms with van der Waals surface area (Å²) in [5.74, 6) is -0.0327. The normalized spacial score (nSPS) is 17.0. The summed E-state index contributed by atoms with van der Waals surface area (Å²) in [7, 11) is 1.74. The first kappa shape index (κ1) is 9.70. The van der Waals surface area contributed by atoms with Gasteiger partial charge in [-0.3, -0.25) is 9.36 Å². The minimum Gasteiger partial charge on any atom is -0.342 e. The molecule has 1 saturated heterocycles. The van der Waals surface area contributed by atoms with Gasteiger partial charge in [-0.05, 0) is 0 Å². The molecule has 2 rings (SSSR count). The summed E-state index contributed by atoms with van der Waals surface area (Å²) in [5, 5.41) is 0. The van der Waals surface area contributed by atoms with E-state index in [-0.39, 0.29) is 18.5 Å². The van der Waals surface area contributed by atoms with Crippen molar-refractivity contribution in [3.63, 3.8) is 0 Å². The maximum atomic E-state index is 11.8. The molecule has 0 radical (unpaired) electrons. The highest BCUT2D eigenvalue weighted by Crippen LogP contribution is 2.03. The Kier molecular flexibility index (Phi) is 2.40. The predicted octanol–water partition coefficient (Wildman–Crippen LogP) is -0.375. The van der Waals surface area contributed by atoms with E-state index in [2.05, 4.69) is 4.98 Å². The van der Waals surface area contributed by atoms with Crippen LogP contribution in [-0.2, 0) is 4.79 Å². The second kappa shape index (κ2) is 3.72. The zero-order valence-corrected chi connectivity index (χ0v) is 8.46. The van der Waals surface area contributed by atoms with Crippen molar-refractivity contribution in [2.75, 3.05) is 26.7 Å². The fourth-order valence-corrected chi connectivity index (χ4v) is 1.46. The molecule has 6 nitrogen and oxygen atoms in total. The number of carbonyl (C=O) groups excluding carboxylic acids is 2. The fourth-order valence-electron chi connectivity index (χ4n) is 1.46. The second-order valence-electron chi connectivity index (χ2n) is 3.49. The van der Waals surface area contributed by atoms with Gasteiger partial charge in [-0.25, -0.2) is 9.78 Å². The third-order valence-corrected chi connectivity index (χ3v) is 2.45. The first-order valence-corrected chi connectivity index (χ1v) is 4.69. The van der Waals surface area contributed by atoms with Crippen molar-refractivity contribution in [2.24, 2.45) is 0 Å². The van der Waals surface area contributed by atoms with Gasteiger partial charge in [0.05, 0.1) is 0 Å². The Morgan fingerprint density at radius 3 is 2.87 bits per heavy atom. The van der Waals surface area contributed by atoms with E-state index in [1.54, 1.807) is 18.1 Å². The van der Waals surface area contributed by atoms with E-state index in [4.69, 9.17) is 0 Å². The highest BCUT2D eigenvalue weighted by atomic mass is 16.2. The molecule has 1 aromatic heterocycles. The highest BCUT2D eigenvalue weighted by molar-refractivity contribution is 5.85. The molecule has 0 N–H and O–H groups in total. The summed E-state index contributed by atoms with van der Waals surface area (Å²) < 4.78 is 1.37. The first-order chi connectivity index (χ1) is 7.18. The van der Waals surface area contributed by atoms with Crippen molar-refractivity contribution in [3.05, 3.63) is 18.7 Å². The largest absolute Gasteiger partial charge is 0.342 e. The van der Waals surface area contributed by atoms with E-state index >= 15 is 0 Å². The summed E-state index contributed by atoms with van der Waals surface area (Å²) in [6.07, 6.45) is 4.55. The Morgan fingerprint density at radius 1 is 1.47 bits per heavy atom. The lowest BCUT2D eigenvalue weighted by Gasteiger charge is -2.31. The smallest absolute Gasteiger partial charge is 0.329 e. The second-order valence-corrected chi connectivity index (χ2v) is 3.49. The van der Waals surface area contributed by atoms with Crippen LogP contribution in [0.2, 0.25) is 0 Å². The summed E-state index contributed by atoms with van der Waals surface area (Å²) in [6, 6.07) is -0.200. The van der Waals surface area contributed by atoms with Crippen LogP contribution in [0, 0.1) is 0 Å². The van der Waals surface area contributed by atoms with Gasteiger partial charge in [-0.1, -0.05) is 0 Å². The van der Waals surface area contributed by atoms with Crippen LogP contribution in [-0.4, -0.2) is 58.0 Å². The van der Waals surface area contributed by atoms with Gasteiger partial charge in [0.1, 0.15) is 12.9 Å². The number of nitrogens with zero attached hydrogens (tertiary/aromatic N) is 4. The molecule has 1 aromatic rings. The SMILES string of the molecule is CN1CCN(C(=O)n2ccnc2)CC1=O. The van der Waals surface area contributed by atoms with Crippen LogP contribution in [0.1, 0.15) is 0 Å². The van der Waals surface area contributed by atoms with Gasteiger partial charge in [-0.2, -0.15) is 0 Å². The first-order valence-electron chi connectivity index (χ1n) is 4.69. The molecule has 1 aliphatic rings. The van der Waals surface area contributed by atoms with Crippen LogP contribution in [0.4, 0.5) is 4.79 Å². The van der Waals surface area contributed by atoms with Crippen LogP contribution >= 0.6 is 0 Å². The maximum absolute atomic E-state index is 11.8. The van der Waals surface area contributed by atoms with Gasteiger partial charge in [-0.15, -0.1) is 0 Å². The van der Waals surface area contributed by atoms with Crippen LogP contribution in [0.5, 0.6) is 0 Å². The quantitative estimate of drug-likeness (QED) is 0.584. The van der Waals surface area contributed by atoms with Crippen LogP contribution < -0.4 is 0 Å². The summed E-state index contributed by atoms with van der Waals surface area (Å²) in [5.41, 5.74) is 0. The molecule has 0 atom stereocenters. The number of amides is 2. The van der Waals surface area contributed by atoms with Gasteiger partial charge < -0.3 is 9.80 Å². The Hall–Kier alpha value is -1.85. The van der Waals surface area contributed by atoms with E-state index in [1.165, 1.54) is 22.0 Å². The monoisotopic (exact) mass is 208 g/mol. The highest BCUT2D eigenvalue weighted by Gasteiger charge is 2.25. The maximum Gasteiger partial charge on any atom is 0.329 e. The minimum atomic E-state index is -0.200. The van der Waals surface area contributed by atoms with Crippen molar-refractivity contribution in [3.8, 4) is 0 Å². The van der Waals surface area contributed by atoms with Crippen LogP contribution in [0.3, 0.4) is 0 Å². The molecule has 15 heavy (non-hydrogen) atoms. The predicted molar refractivity (Wildman–Crippen MR) is 52.2 cm³/mol. The van der Waals surface area contributed by atoms with Crippen molar-refractivity contribution < 1.29 is 9.59 Å². The molecular formula is C9H12N4O2. The molecule has 80 valence electrons. The fraction of sp³-hybridized carbons (Fsp3) is 0.444. The van der Waals surface area contributed by atoms with Gasteiger partial charge in [0.25, 0.3) is 0 Å². The van der Waals surface area contributed by atoms with Gasteiger partial charge in [0.2, 0.25) is 5.91 Å². The van der Waals surface area contributed by atoms with Crippen molar-refractivity contribution in [2.45, 2.75) is 0 Å². The van der Waals surface area contributed by atoms with Crippen molar-refractivity contribution in [1.82, 2.24) is 19.4 Å². The van der Waals surface area contributed by atoms with E-state index in [9.17, 15) is 9.59 Å². The third kappa shape index (κ3) is 1.83. The average molecular weight is 208 g/mol. The molecule has 0 bridgehead atoms. The molecular weight excluding hydrogens is 196 g/mol. The van der Waals surface area contributed by atoms with E-state index in [0.29, 0.717) is 13.1 Å². The molecule has 0 aliphatic carbocycles. The number of imidazole rings is 1.